The summed E-state index contributed by atoms with van der Waals surface area (Å²) in [5, 5.41) is 0.0964. The van der Waals surface area contributed by atoms with Gasteiger partial charge in [-0.05, 0) is 35.4 Å². The van der Waals surface area contributed by atoms with Crippen LogP contribution < -0.4 is 9.47 Å². The molecule has 112 valence electrons. The monoisotopic (exact) mass is 309 g/mol. The van der Waals surface area contributed by atoms with Gasteiger partial charge in [-0.1, -0.05) is 6.07 Å². The van der Waals surface area contributed by atoms with Crippen LogP contribution in [-0.4, -0.2) is 32.1 Å². The molecule has 0 atom stereocenters. The second-order valence-corrected chi connectivity index (χ2v) is 4.80. The molecule has 0 bridgehead atoms. The second-order valence-electron chi connectivity index (χ2n) is 4.46. The van der Waals surface area contributed by atoms with E-state index in [2.05, 4.69) is 0 Å². The van der Waals surface area contributed by atoms with Crippen molar-refractivity contribution >= 4 is 17.5 Å². The van der Waals surface area contributed by atoms with Crippen molar-refractivity contribution in [3.63, 3.8) is 0 Å². The standard InChI is InChI=1S/C15H16ClNO4/c1-17(15(18)11-6-7-21-14(11)16)9-10-4-5-12(19-2)13(8-10)20-3/h4-8H,9H2,1-3H3. The summed E-state index contributed by atoms with van der Waals surface area (Å²) in [6.45, 7) is 0.417. The van der Waals surface area contributed by atoms with Crippen LogP contribution in [0.2, 0.25) is 5.22 Å². The topological polar surface area (TPSA) is 51.9 Å². The number of hydrogen-bond donors (Lipinski definition) is 0. The van der Waals surface area contributed by atoms with E-state index in [1.54, 1.807) is 38.3 Å². The number of halogens is 1. The fourth-order valence-corrected chi connectivity index (χ4v) is 2.17. The summed E-state index contributed by atoms with van der Waals surface area (Å²) in [6, 6.07) is 7.06. The Morgan fingerprint density at radius 3 is 2.52 bits per heavy atom. The predicted molar refractivity (Wildman–Crippen MR) is 79.1 cm³/mol. The van der Waals surface area contributed by atoms with Crippen LogP contribution in [0.3, 0.4) is 0 Å². The van der Waals surface area contributed by atoms with Gasteiger partial charge in [0.1, 0.15) is 0 Å². The minimum Gasteiger partial charge on any atom is -0.493 e. The first-order valence-corrected chi connectivity index (χ1v) is 6.64. The summed E-state index contributed by atoms with van der Waals surface area (Å²) in [6.07, 6.45) is 1.39. The van der Waals surface area contributed by atoms with Crippen molar-refractivity contribution in [1.82, 2.24) is 4.90 Å². The molecule has 1 amide bonds. The summed E-state index contributed by atoms with van der Waals surface area (Å²) in [5.74, 6) is 1.06. The zero-order valence-electron chi connectivity index (χ0n) is 12.1. The van der Waals surface area contributed by atoms with Gasteiger partial charge in [-0.2, -0.15) is 0 Å². The minimum atomic E-state index is -0.205. The van der Waals surface area contributed by atoms with Gasteiger partial charge in [-0.3, -0.25) is 4.79 Å². The molecule has 0 aliphatic carbocycles. The molecule has 1 aromatic heterocycles. The Hall–Kier alpha value is -2.14. The molecule has 21 heavy (non-hydrogen) atoms. The smallest absolute Gasteiger partial charge is 0.258 e. The molecule has 1 aromatic carbocycles. The van der Waals surface area contributed by atoms with Gasteiger partial charge in [-0.15, -0.1) is 0 Å². The minimum absolute atomic E-state index is 0.0964. The van der Waals surface area contributed by atoms with Gasteiger partial charge in [-0.25, -0.2) is 0 Å². The lowest BCUT2D eigenvalue weighted by atomic mass is 10.2. The number of ether oxygens (including phenoxy) is 2. The molecule has 2 rings (SSSR count). The van der Waals surface area contributed by atoms with E-state index in [9.17, 15) is 4.79 Å². The third-order valence-corrected chi connectivity index (χ3v) is 3.36. The van der Waals surface area contributed by atoms with Gasteiger partial charge in [0.15, 0.2) is 11.5 Å². The number of rotatable bonds is 5. The number of benzene rings is 1. The Kier molecular flexibility index (Phi) is 4.75. The fourth-order valence-electron chi connectivity index (χ4n) is 1.98. The molecule has 0 saturated heterocycles. The summed E-state index contributed by atoms with van der Waals surface area (Å²) in [5.41, 5.74) is 1.27. The van der Waals surface area contributed by atoms with Crippen LogP contribution in [0.5, 0.6) is 11.5 Å². The molecule has 2 aromatic rings. The predicted octanol–water partition coefficient (Wildman–Crippen LogP) is 3.22. The number of nitrogens with zero attached hydrogens (tertiary/aromatic N) is 1. The molecule has 0 spiro atoms. The molecule has 0 N–H and O–H groups in total. The van der Waals surface area contributed by atoms with Gasteiger partial charge < -0.3 is 18.8 Å². The van der Waals surface area contributed by atoms with E-state index in [1.807, 2.05) is 12.1 Å². The van der Waals surface area contributed by atoms with Gasteiger partial charge in [0.25, 0.3) is 5.91 Å². The van der Waals surface area contributed by atoms with Gasteiger partial charge >= 0.3 is 0 Å². The molecule has 0 aliphatic heterocycles. The maximum Gasteiger partial charge on any atom is 0.258 e. The molecule has 0 radical (unpaired) electrons. The first-order valence-electron chi connectivity index (χ1n) is 6.26. The third kappa shape index (κ3) is 3.31. The number of carbonyl (C=O) groups excluding carboxylic acids is 1. The number of hydrogen-bond acceptors (Lipinski definition) is 4. The summed E-state index contributed by atoms with van der Waals surface area (Å²) < 4.78 is 15.4. The van der Waals surface area contributed by atoms with Crippen LogP contribution in [0.25, 0.3) is 0 Å². The Balaban J connectivity index is 2.14. The summed E-state index contributed by atoms with van der Waals surface area (Å²) in [4.78, 5) is 13.8. The quantitative estimate of drug-likeness (QED) is 0.851. The highest BCUT2D eigenvalue weighted by atomic mass is 35.5. The maximum absolute atomic E-state index is 12.2. The molecule has 6 heteroatoms. The lowest BCUT2D eigenvalue weighted by molar-refractivity contribution is 0.0784. The van der Waals surface area contributed by atoms with Crippen molar-refractivity contribution in [3.8, 4) is 11.5 Å². The Morgan fingerprint density at radius 2 is 1.95 bits per heavy atom. The molecule has 0 fully saturated rings. The van der Waals surface area contributed by atoms with Crippen LogP contribution in [0, 0.1) is 0 Å². The molecule has 5 nitrogen and oxygen atoms in total. The van der Waals surface area contributed by atoms with E-state index in [4.69, 9.17) is 25.5 Å². The van der Waals surface area contributed by atoms with E-state index in [0.717, 1.165) is 5.56 Å². The van der Waals surface area contributed by atoms with Crippen molar-refractivity contribution in [2.24, 2.45) is 0 Å². The van der Waals surface area contributed by atoms with Crippen molar-refractivity contribution in [2.45, 2.75) is 6.54 Å². The molecule has 0 aliphatic rings. The van der Waals surface area contributed by atoms with Crippen LogP contribution in [0.1, 0.15) is 15.9 Å². The van der Waals surface area contributed by atoms with Crippen LogP contribution in [-0.2, 0) is 6.54 Å². The molecule has 0 unspecified atom stereocenters. The average Bonchev–Trinajstić information content (AvgIpc) is 2.92. The molecule has 1 heterocycles. The molecule has 0 saturated carbocycles. The Labute approximate surface area is 128 Å². The third-order valence-electron chi connectivity index (χ3n) is 3.06. The van der Waals surface area contributed by atoms with E-state index in [0.29, 0.717) is 23.6 Å². The highest BCUT2D eigenvalue weighted by molar-refractivity contribution is 6.32. The Bertz CT molecular complexity index is 638. The van der Waals surface area contributed by atoms with Crippen molar-refractivity contribution in [3.05, 3.63) is 46.9 Å². The van der Waals surface area contributed by atoms with Crippen molar-refractivity contribution < 1.29 is 18.7 Å². The number of amides is 1. The summed E-state index contributed by atoms with van der Waals surface area (Å²) in [7, 11) is 4.85. The van der Waals surface area contributed by atoms with E-state index in [1.165, 1.54) is 6.26 Å². The summed E-state index contributed by atoms with van der Waals surface area (Å²) >= 11 is 5.82. The SMILES string of the molecule is COc1ccc(CN(C)C(=O)c2ccoc2Cl)cc1OC. The van der Waals surface area contributed by atoms with Crippen LogP contribution >= 0.6 is 11.6 Å². The van der Waals surface area contributed by atoms with Crippen molar-refractivity contribution in [2.75, 3.05) is 21.3 Å². The van der Waals surface area contributed by atoms with Crippen molar-refractivity contribution in [1.29, 1.82) is 0 Å². The number of methoxy groups -OCH3 is 2. The zero-order chi connectivity index (χ0) is 15.4. The zero-order valence-corrected chi connectivity index (χ0v) is 12.8. The molecular formula is C15H16ClNO4. The van der Waals surface area contributed by atoms with Crippen LogP contribution in [0.4, 0.5) is 0 Å². The van der Waals surface area contributed by atoms with Gasteiger partial charge in [0, 0.05) is 13.6 Å². The van der Waals surface area contributed by atoms with Crippen LogP contribution in [0.15, 0.2) is 34.9 Å². The highest BCUT2D eigenvalue weighted by Gasteiger charge is 2.18. The average molecular weight is 310 g/mol. The number of carbonyl (C=O) groups is 1. The van der Waals surface area contributed by atoms with E-state index >= 15 is 0 Å². The first kappa shape index (κ1) is 15.3. The lowest BCUT2D eigenvalue weighted by Crippen LogP contribution is -2.26. The fraction of sp³-hybridized carbons (Fsp3) is 0.267. The van der Waals surface area contributed by atoms with E-state index in [-0.39, 0.29) is 11.1 Å². The normalized spacial score (nSPS) is 10.3. The second kappa shape index (κ2) is 6.54. The Morgan fingerprint density at radius 1 is 1.24 bits per heavy atom. The lowest BCUT2D eigenvalue weighted by Gasteiger charge is -2.17. The van der Waals surface area contributed by atoms with Gasteiger partial charge in [0.2, 0.25) is 5.22 Å². The highest BCUT2D eigenvalue weighted by Crippen LogP contribution is 2.28. The molecular weight excluding hydrogens is 294 g/mol. The maximum atomic E-state index is 12.2. The first-order chi connectivity index (χ1) is 10.1. The van der Waals surface area contributed by atoms with E-state index < -0.39 is 0 Å². The van der Waals surface area contributed by atoms with Gasteiger partial charge in [0.05, 0.1) is 26.0 Å². The largest absolute Gasteiger partial charge is 0.493 e. The number of furan rings is 1.